The summed E-state index contributed by atoms with van der Waals surface area (Å²) in [5.41, 5.74) is 2.04. The summed E-state index contributed by atoms with van der Waals surface area (Å²) in [4.78, 5) is 0. The molecule has 0 spiro atoms. The summed E-state index contributed by atoms with van der Waals surface area (Å²) in [6, 6.07) is 15.1. The van der Waals surface area contributed by atoms with E-state index < -0.39 is 0 Å². The molecule has 0 bridgehead atoms. The Labute approximate surface area is 128 Å². The van der Waals surface area contributed by atoms with Gasteiger partial charge in [-0.05, 0) is 29.8 Å². The van der Waals surface area contributed by atoms with Gasteiger partial charge in [0.1, 0.15) is 17.6 Å². The van der Waals surface area contributed by atoms with E-state index in [9.17, 15) is 0 Å². The molecule has 0 atom stereocenters. The van der Waals surface area contributed by atoms with E-state index in [1.807, 2.05) is 42.5 Å². The highest BCUT2D eigenvalue weighted by atomic mass is 35.5. The maximum Gasteiger partial charge on any atom is 0.174 e. The third-order valence-corrected chi connectivity index (χ3v) is 3.19. The molecule has 0 radical (unpaired) electrons. The van der Waals surface area contributed by atoms with Gasteiger partial charge in [0.05, 0.1) is 12.1 Å². The number of halogens is 1. The van der Waals surface area contributed by atoms with Gasteiger partial charge in [0, 0.05) is 18.3 Å². The Kier molecular flexibility index (Phi) is 5.30. The van der Waals surface area contributed by atoms with Crippen LogP contribution in [0.2, 0.25) is 5.02 Å². The van der Waals surface area contributed by atoms with Crippen LogP contribution in [0.5, 0.6) is 11.5 Å². The first kappa shape index (κ1) is 15.0. The van der Waals surface area contributed by atoms with Crippen LogP contribution < -0.4 is 14.8 Å². The summed E-state index contributed by atoms with van der Waals surface area (Å²) in [7, 11) is 1.59. The van der Waals surface area contributed by atoms with E-state index in [4.69, 9.17) is 26.3 Å². The van der Waals surface area contributed by atoms with Crippen molar-refractivity contribution in [2.75, 3.05) is 19.0 Å². The standard InChI is InChI=1S/C16H15ClN2O2/c1-20-16-10-13(4-7-15(16)17)19-11-12-2-5-14(6-3-12)21-9-8-18/h2-7,10,19H,9,11H2,1H3. The Morgan fingerprint density at radius 2 is 1.95 bits per heavy atom. The molecule has 2 aromatic carbocycles. The first-order valence-electron chi connectivity index (χ1n) is 6.39. The molecule has 2 aromatic rings. The van der Waals surface area contributed by atoms with Crippen LogP contribution in [-0.4, -0.2) is 13.7 Å². The average Bonchev–Trinajstić information content (AvgIpc) is 2.53. The molecule has 0 amide bonds. The summed E-state index contributed by atoms with van der Waals surface area (Å²) in [6.45, 7) is 0.728. The zero-order chi connectivity index (χ0) is 15.1. The summed E-state index contributed by atoms with van der Waals surface area (Å²) in [5.74, 6) is 1.33. The van der Waals surface area contributed by atoms with Crippen molar-refractivity contribution in [3.8, 4) is 17.6 Å². The number of methoxy groups -OCH3 is 1. The number of hydrogen-bond donors (Lipinski definition) is 1. The number of nitriles is 1. The van der Waals surface area contributed by atoms with E-state index in [1.165, 1.54) is 0 Å². The Morgan fingerprint density at radius 1 is 1.19 bits per heavy atom. The lowest BCUT2D eigenvalue weighted by Gasteiger charge is -2.10. The van der Waals surface area contributed by atoms with Crippen molar-refractivity contribution < 1.29 is 9.47 Å². The highest BCUT2D eigenvalue weighted by molar-refractivity contribution is 6.32. The van der Waals surface area contributed by atoms with Crippen molar-refractivity contribution in [2.24, 2.45) is 0 Å². The molecule has 2 rings (SSSR count). The van der Waals surface area contributed by atoms with Gasteiger partial charge in [-0.3, -0.25) is 0 Å². The van der Waals surface area contributed by atoms with E-state index in [0.29, 0.717) is 23.1 Å². The molecule has 0 aliphatic rings. The van der Waals surface area contributed by atoms with Crippen molar-refractivity contribution in [1.29, 1.82) is 5.26 Å². The number of anilines is 1. The van der Waals surface area contributed by atoms with Crippen LogP contribution >= 0.6 is 11.6 Å². The van der Waals surface area contributed by atoms with E-state index in [0.717, 1.165) is 11.3 Å². The first-order chi connectivity index (χ1) is 10.2. The fraction of sp³-hybridized carbons (Fsp3) is 0.188. The number of nitrogens with one attached hydrogen (secondary N) is 1. The molecule has 0 saturated heterocycles. The van der Waals surface area contributed by atoms with Crippen molar-refractivity contribution >= 4 is 17.3 Å². The van der Waals surface area contributed by atoms with Gasteiger partial charge in [-0.15, -0.1) is 0 Å². The Hall–Kier alpha value is -2.38. The molecule has 0 saturated carbocycles. The average molecular weight is 303 g/mol. The number of ether oxygens (including phenoxy) is 2. The fourth-order valence-corrected chi connectivity index (χ4v) is 1.99. The molecule has 108 valence electrons. The summed E-state index contributed by atoms with van der Waals surface area (Å²) in [6.07, 6.45) is 0. The van der Waals surface area contributed by atoms with Crippen LogP contribution in [0.3, 0.4) is 0 Å². The Balaban J connectivity index is 1.95. The van der Waals surface area contributed by atoms with Crippen LogP contribution in [-0.2, 0) is 6.54 Å². The topological polar surface area (TPSA) is 54.3 Å². The van der Waals surface area contributed by atoms with Gasteiger partial charge in [-0.25, -0.2) is 0 Å². The van der Waals surface area contributed by atoms with Crippen molar-refractivity contribution in [3.05, 3.63) is 53.1 Å². The van der Waals surface area contributed by atoms with E-state index in [2.05, 4.69) is 5.32 Å². The van der Waals surface area contributed by atoms with Crippen molar-refractivity contribution in [1.82, 2.24) is 0 Å². The summed E-state index contributed by atoms with van der Waals surface area (Å²) < 4.78 is 10.4. The highest BCUT2D eigenvalue weighted by Crippen LogP contribution is 2.27. The zero-order valence-electron chi connectivity index (χ0n) is 11.6. The maximum absolute atomic E-state index is 8.45. The second-order valence-electron chi connectivity index (χ2n) is 4.29. The van der Waals surface area contributed by atoms with Gasteiger partial charge in [-0.2, -0.15) is 5.26 Å². The van der Waals surface area contributed by atoms with Crippen LogP contribution in [0.25, 0.3) is 0 Å². The van der Waals surface area contributed by atoms with E-state index in [1.54, 1.807) is 13.2 Å². The van der Waals surface area contributed by atoms with Crippen molar-refractivity contribution in [3.63, 3.8) is 0 Å². The summed E-state index contributed by atoms with van der Waals surface area (Å²) >= 11 is 5.98. The van der Waals surface area contributed by atoms with Crippen LogP contribution in [0.4, 0.5) is 5.69 Å². The lowest BCUT2D eigenvalue weighted by atomic mass is 10.2. The molecule has 5 heteroatoms. The minimum Gasteiger partial charge on any atom is -0.495 e. The number of benzene rings is 2. The molecule has 0 aliphatic heterocycles. The van der Waals surface area contributed by atoms with Gasteiger partial charge >= 0.3 is 0 Å². The number of hydrogen-bond acceptors (Lipinski definition) is 4. The number of rotatable bonds is 6. The highest BCUT2D eigenvalue weighted by Gasteiger charge is 2.02. The quantitative estimate of drug-likeness (QED) is 0.880. The molecule has 0 unspecified atom stereocenters. The number of nitrogens with zero attached hydrogens (tertiary/aromatic N) is 1. The first-order valence-corrected chi connectivity index (χ1v) is 6.77. The third kappa shape index (κ3) is 4.30. The Morgan fingerprint density at radius 3 is 2.62 bits per heavy atom. The maximum atomic E-state index is 8.45. The van der Waals surface area contributed by atoms with Gasteiger partial charge < -0.3 is 14.8 Å². The molecule has 1 N–H and O–H groups in total. The third-order valence-electron chi connectivity index (χ3n) is 2.87. The molecule has 0 aromatic heterocycles. The molecular weight excluding hydrogens is 288 g/mol. The smallest absolute Gasteiger partial charge is 0.174 e. The normalized spacial score (nSPS) is 9.76. The SMILES string of the molecule is COc1cc(NCc2ccc(OCC#N)cc2)ccc1Cl. The lowest BCUT2D eigenvalue weighted by Crippen LogP contribution is -2.00. The van der Waals surface area contributed by atoms with Crippen molar-refractivity contribution in [2.45, 2.75) is 6.54 Å². The fourth-order valence-electron chi connectivity index (χ4n) is 1.79. The molecule has 4 nitrogen and oxygen atoms in total. The minimum absolute atomic E-state index is 0.0577. The minimum atomic E-state index is 0.0577. The predicted octanol–water partition coefficient (Wildman–Crippen LogP) is 3.86. The van der Waals surface area contributed by atoms with Gasteiger partial charge in [0.2, 0.25) is 0 Å². The van der Waals surface area contributed by atoms with Gasteiger partial charge in [0.15, 0.2) is 6.61 Å². The van der Waals surface area contributed by atoms with Crippen LogP contribution in [0, 0.1) is 11.3 Å². The van der Waals surface area contributed by atoms with E-state index >= 15 is 0 Å². The molecule has 0 heterocycles. The molecule has 0 aliphatic carbocycles. The zero-order valence-corrected chi connectivity index (χ0v) is 12.4. The predicted molar refractivity (Wildman–Crippen MR) is 82.9 cm³/mol. The van der Waals surface area contributed by atoms with Gasteiger partial charge in [0.25, 0.3) is 0 Å². The summed E-state index contributed by atoms with van der Waals surface area (Å²) in [5, 5.41) is 12.3. The largest absolute Gasteiger partial charge is 0.495 e. The Bertz CT molecular complexity index is 636. The second-order valence-corrected chi connectivity index (χ2v) is 4.70. The lowest BCUT2D eigenvalue weighted by molar-refractivity contribution is 0.368. The second kappa shape index (κ2) is 7.41. The molecular formula is C16H15ClN2O2. The molecule has 21 heavy (non-hydrogen) atoms. The van der Waals surface area contributed by atoms with Crippen LogP contribution in [0.15, 0.2) is 42.5 Å². The van der Waals surface area contributed by atoms with Gasteiger partial charge in [-0.1, -0.05) is 23.7 Å². The monoisotopic (exact) mass is 302 g/mol. The molecule has 0 fully saturated rings. The van der Waals surface area contributed by atoms with E-state index in [-0.39, 0.29) is 6.61 Å². The van der Waals surface area contributed by atoms with Crippen LogP contribution in [0.1, 0.15) is 5.56 Å².